The summed E-state index contributed by atoms with van der Waals surface area (Å²) >= 11 is 0. The fraction of sp³-hybridized carbons (Fsp3) is 0.533. The summed E-state index contributed by atoms with van der Waals surface area (Å²) in [5.41, 5.74) is 2.69. The second-order valence-corrected chi connectivity index (χ2v) is 5.22. The molecule has 0 aromatic carbocycles. The van der Waals surface area contributed by atoms with Gasteiger partial charge in [-0.15, -0.1) is 0 Å². The number of hydrogen-bond donors (Lipinski definition) is 2. The number of nitrogens with zero attached hydrogens (tertiary/aromatic N) is 2. The molecule has 0 saturated heterocycles. The van der Waals surface area contributed by atoms with Gasteiger partial charge in [-0.25, -0.2) is 4.98 Å². The molecule has 104 valence electrons. The first-order valence-corrected chi connectivity index (χ1v) is 6.93. The molecule has 0 unspecified atom stereocenters. The normalized spacial score (nSPS) is 12.2. The van der Waals surface area contributed by atoms with Gasteiger partial charge >= 0.3 is 0 Å². The molecule has 0 spiro atoms. The highest BCUT2D eigenvalue weighted by Crippen LogP contribution is 2.14. The maximum atomic E-state index is 10.2. The smallest absolute Gasteiger partial charge is 0.136 e. The van der Waals surface area contributed by atoms with Crippen LogP contribution < -0.4 is 5.32 Å². The number of nitrogens with one attached hydrogen (secondary N) is 1. The topological polar surface area (TPSA) is 49.6 Å². The Balaban J connectivity index is 2.04. The summed E-state index contributed by atoms with van der Waals surface area (Å²) in [5.74, 6) is 0. The second kappa shape index (κ2) is 5.72. The Bertz CT molecular complexity index is 543. The van der Waals surface area contributed by atoms with Crippen molar-refractivity contribution in [1.29, 1.82) is 0 Å². The van der Waals surface area contributed by atoms with E-state index in [0.717, 1.165) is 24.2 Å². The lowest BCUT2D eigenvalue weighted by molar-refractivity contribution is 0.0322. The van der Waals surface area contributed by atoms with E-state index >= 15 is 0 Å². The van der Waals surface area contributed by atoms with Gasteiger partial charge in [0, 0.05) is 19.3 Å². The summed E-state index contributed by atoms with van der Waals surface area (Å²) < 4.78 is 2.10. The van der Waals surface area contributed by atoms with Crippen LogP contribution in [-0.2, 0) is 6.54 Å². The molecule has 19 heavy (non-hydrogen) atoms. The maximum absolute atomic E-state index is 10.2. The van der Waals surface area contributed by atoms with Gasteiger partial charge in [-0.1, -0.05) is 19.9 Å². The van der Waals surface area contributed by atoms with Crippen molar-refractivity contribution in [2.45, 2.75) is 45.8 Å². The average Bonchev–Trinajstić information content (AvgIpc) is 2.81. The third-order valence-electron chi connectivity index (χ3n) is 3.81. The Morgan fingerprint density at radius 2 is 2.05 bits per heavy atom. The van der Waals surface area contributed by atoms with Crippen LogP contribution in [0.15, 0.2) is 24.5 Å². The maximum Gasteiger partial charge on any atom is 0.136 e. The molecule has 2 rings (SSSR count). The number of fused-ring (bicyclic) bond motifs is 1. The molecule has 0 bridgehead atoms. The minimum atomic E-state index is -0.601. The SMILES string of the molecule is CCC(O)(CC)CNCc1cnc2ccc(C)cn12. The van der Waals surface area contributed by atoms with Gasteiger partial charge in [0.25, 0.3) is 0 Å². The molecule has 0 fully saturated rings. The summed E-state index contributed by atoms with van der Waals surface area (Å²) in [6, 6.07) is 4.08. The number of aryl methyl sites for hydroxylation is 1. The predicted molar refractivity (Wildman–Crippen MR) is 77.2 cm³/mol. The second-order valence-electron chi connectivity index (χ2n) is 5.22. The Morgan fingerprint density at radius 1 is 1.32 bits per heavy atom. The van der Waals surface area contributed by atoms with Crippen LogP contribution in [0.25, 0.3) is 5.65 Å². The van der Waals surface area contributed by atoms with Crippen molar-refractivity contribution >= 4 is 5.65 Å². The molecule has 0 radical (unpaired) electrons. The summed E-state index contributed by atoms with van der Waals surface area (Å²) in [5, 5.41) is 13.6. The van der Waals surface area contributed by atoms with E-state index in [1.807, 2.05) is 26.1 Å². The number of pyridine rings is 1. The van der Waals surface area contributed by atoms with E-state index in [0.29, 0.717) is 13.1 Å². The Labute approximate surface area is 114 Å². The van der Waals surface area contributed by atoms with Crippen molar-refractivity contribution in [2.24, 2.45) is 0 Å². The van der Waals surface area contributed by atoms with Gasteiger partial charge in [0.1, 0.15) is 5.65 Å². The Kier molecular flexibility index (Phi) is 4.22. The van der Waals surface area contributed by atoms with Gasteiger partial charge in [-0.3, -0.25) is 0 Å². The molecule has 2 N–H and O–H groups in total. The fourth-order valence-electron chi connectivity index (χ4n) is 2.19. The fourth-order valence-corrected chi connectivity index (χ4v) is 2.19. The van der Waals surface area contributed by atoms with E-state index in [1.165, 1.54) is 5.56 Å². The van der Waals surface area contributed by atoms with Crippen molar-refractivity contribution in [1.82, 2.24) is 14.7 Å². The lowest BCUT2D eigenvalue weighted by Crippen LogP contribution is -2.39. The Morgan fingerprint density at radius 3 is 2.74 bits per heavy atom. The van der Waals surface area contributed by atoms with Crippen LogP contribution in [0, 0.1) is 6.92 Å². The largest absolute Gasteiger partial charge is 0.389 e. The molecule has 0 saturated carbocycles. The monoisotopic (exact) mass is 261 g/mol. The van der Waals surface area contributed by atoms with Crippen molar-refractivity contribution in [2.75, 3.05) is 6.54 Å². The summed E-state index contributed by atoms with van der Waals surface area (Å²) in [7, 11) is 0. The molecule has 0 aliphatic heterocycles. The molecule has 0 amide bonds. The highest BCUT2D eigenvalue weighted by Gasteiger charge is 2.21. The lowest BCUT2D eigenvalue weighted by Gasteiger charge is -2.25. The Hall–Kier alpha value is -1.39. The van der Waals surface area contributed by atoms with Crippen molar-refractivity contribution < 1.29 is 5.11 Å². The van der Waals surface area contributed by atoms with Gasteiger partial charge in [-0.2, -0.15) is 0 Å². The molecule has 2 heterocycles. The third-order valence-corrected chi connectivity index (χ3v) is 3.81. The minimum Gasteiger partial charge on any atom is -0.389 e. The highest BCUT2D eigenvalue weighted by molar-refractivity contribution is 5.41. The van der Waals surface area contributed by atoms with Crippen molar-refractivity contribution in [3.05, 3.63) is 35.8 Å². The van der Waals surface area contributed by atoms with Crippen LogP contribution in [-0.4, -0.2) is 26.6 Å². The van der Waals surface area contributed by atoms with Crippen LogP contribution in [0.4, 0.5) is 0 Å². The molecule has 0 atom stereocenters. The quantitative estimate of drug-likeness (QED) is 0.838. The zero-order chi connectivity index (χ0) is 13.9. The van der Waals surface area contributed by atoms with Gasteiger partial charge in [-0.05, 0) is 31.4 Å². The summed E-state index contributed by atoms with van der Waals surface area (Å²) in [4.78, 5) is 4.38. The van der Waals surface area contributed by atoms with Crippen molar-refractivity contribution in [3.63, 3.8) is 0 Å². The number of hydrogen-bond acceptors (Lipinski definition) is 3. The lowest BCUT2D eigenvalue weighted by atomic mass is 9.98. The molecule has 4 heteroatoms. The van der Waals surface area contributed by atoms with Crippen LogP contribution in [0.1, 0.15) is 37.9 Å². The first kappa shape index (κ1) is 14.0. The first-order valence-electron chi connectivity index (χ1n) is 6.93. The summed E-state index contributed by atoms with van der Waals surface area (Å²) in [6.45, 7) is 7.43. The van der Waals surface area contributed by atoms with Gasteiger partial charge in [0.2, 0.25) is 0 Å². The average molecular weight is 261 g/mol. The van der Waals surface area contributed by atoms with Gasteiger partial charge < -0.3 is 14.8 Å². The van der Waals surface area contributed by atoms with Crippen LogP contribution in [0.2, 0.25) is 0 Å². The van der Waals surface area contributed by atoms with E-state index in [2.05, 4.69) is 33.9 Å². The zero-order valence-corrected chi connectivity index (χ0v) is 12.0. The third kappa shape index (κ3) is 3.14. The van der Waals surface area contributed by atoms with E-state index in [4.69, 9.17) is 0 Å². The van der Waals surface area contributed by atoms with E-state index < -0.39 is 5.60 Å². The van der Waals surface area contributed by atoms with Gasteiger partial charge in [0.15, 0.2) is 0 Å². The van der Waals surface area contributed by atoms with E-state index in [-0.39, 0.29) is 0 Å². The number of aromatic nitrogens is 2. The van der Waals surface area contributed by atoms with E-state index in [1.54, 1.807) is 0 Å². The molecular weight excluding hydrogens is 238 g/mol. The molecule has 2 aromatic rings. The standard InChI is InChI=1S/C15H23N3O/c1-4-15(19,5-2)11-16-8-13-9-17-14-7-6-12(3)10-18(13)14/h6-7,9-10,16,19H,4-5,8,11H2,1-3H3. The molecular formula is C15H23N3O. The summed E-state index contributed by atoms with van der Waals surface area (Å²) in [6.07, 6.45) is 5.51. The number of rotatable bonds is 6. The van der Waals surface area contributed by atoms with Gasteiger partial charge in [0.05, 0.1) is 17.5 Å². The minimum absolute atomic E-state index is 0.601. The zero-order valence-electron chi connectivity index (χ0n) is 12.0. The van der Waals surface area contributed by atoms with Crippen molar-refractivity contribution in [3.8, 4) is 0 Å². The first-order chi connectivity index (χ1) is 9.08. The van der Waals surface area contributed by atoms with Crippen LogP contribution >= 0.6 is 0 Å². The van der Waals surface area contributed by atoms with E-state index in [9.17, 15) is 5.11 Å². The van der Waals surface area contributed by atoms with Crippen LogP contribution in [0.3, 0.4) is 0 Å². The van der Waals surface area contributed by atoms with Crippen LogP contribution in [0.5, 0.6) is 0 Å². The molecule has 0 aliphatic carbocycles. The molecule has 4 nitrogen and oxygen atoms in total. The highest BCUT2D eigenvalue weighted by atomic mass is 16.3. The molecule has 2 aromatic heterocycles. The number of imidazole rings is 1. The number of aliphatic hydroxyl groups is 1. The predicted octanol–water partition coefficient (Wildman–Crippen LogP) is 2.28. The molecule has 0 aliphatic rings.